The Kier molecular flexibility index (Phi) is 18.2. The topological polar surface area (TPSA) is 149 Å². The normalized spacial score (nSPS) is 17.0. The quantitative estimate of drug-likeness (QED) is 0.250. The van der Waals surface area contributed by atoms with Gasteiger partial charge in [-0.2, -0.15) is 0 Å². The lowest BCUT2D eigenvalue weighted by molar-refractivity contribution is -0.143. The molecule has 13 nitrogen and oxygen atoms in total. The van der Waals surface area contributed by atoms with E-state index in [1.54, 1.807) is 4.90 Å². The molecule has 0 aromatic heterocycles. The van der Waals surface area contributed by atoms with Crippen molar-refractivity contribution < 1.29 is 38.6 Å². The Balaban J connectivity index is 0.00000562. The molecule has 0 bridgehead atoms. The summed E-state index contributed by atoms with van der Waals surface area (Å²) in [6, 6.07) is 0. The summed E-state index contributed by atoms with van der Waals surface area (Å²) < 4.78 is 9.53. The fourth-order valence-electron chi connectivity index (χ4n) is 3.31. The van der Waals surface area contributed by atoms with Crippen molar-refractivity contribution in [2.24, 2.45) is 0 Å². The highest BCUT2D eigenvalue weighted by molar-refractivity contribution is 5.80. The standard InChI is InChI=1S/C20H35N5O8.C2H6/c1-32-19(30)15-24-8-4-22(13-17(27)21-3-12-26)5-9-25(16-20(31)33-2)11-7-23(6-10-24)14-18(28)29;1-2/h12H,3-11,13-16H2,1-2H3,(H,21,27)(H,28,29);1-2H3. The maximum Gasteiger partial charge on any atom is 0.319 e. The number of nitrogens with zero attached hydrogens (tertiary/aromatic N) is 4. The summed E-state index contributed by atoms with van der Waals surface area (Å²) >= 11 is 0. The number of carbonyl (C=O) groups excluding carboxylic acids is 4. The second-order valence-electron chi connectivity index (χ2n) is 7.62. The van der Waals surface area contributed by atoms with Crippen molar-refractivity contribution in [3.63, 3.8) is 0 Å². The number of hydrogen-bond acceptors (Lipinski definition) is 11. The number of aliphatic carboxylic acids is 1. The number of amides is 1. The maximum atomic E-state index is 12.2. The number of methoxy groups -OCH3 is 2. The molecule has 1 heterocycles. The molecule has 35 heavy (non-hydrogen) atoms. The van der Waals surface area contributed by atoms with Gasteiger partial charge in [0.2, 0.25) is 5.91 Å². The van der Waals surface area contributed by atoms with Gasteiger partial charge in [-0.1, -0.05) is 13.8 Å². The minimum Gasteiger partial charge on any atom is -0.480 e. The number of carboxylic acid groups (broad SMARTS) is 1. The molecule has 13 heteroatoms. The van der Waals surface area contributed by atoms with Gasteiger partial charge < -0.3 is 24.7 Å². The summed E-state index contributed by atoms with van der Waals surface area (Å²) in [6.07, 6.45) is 0.604. The van der Waals surface area contributed by atoms with Crippen LogP contribution in [0.2, 0.25) is 0 Å². The molecule has 202 valence electrons. The van der Waals surface area contributed by atoms with Gasteiger partial charge in [0, 0.05) is 52.4 Å². The van der Waals surface area contributed by atoms with Crippen LogP contribution in [0.15, 0.2) is 0 Å². The maximum absolute atomic E-state index is 12.2. The monoisotopic (exact) mass is 503 g/mol. The van der Waals surface area contributed by atoms with Gasteiger partial charge in [0.05, 0.1) is 46.9 Å². The number of aldehydes is 1. The lowest BCUT2D eigenvalue weighted by atomic mass is 10.3. The molecule has 1 saturated heterocycles. The Labute approximate surface area is 207 Å². The fraction of sp³-hybridized carbons (Fsp3) is 0.773. The first kappa shape index (κ1) is 32.4. The minimum atomic E-state index is -0.964. The van der Waals surface area contributed by atoms with Gasteiger partial charge in [0.25, 0.3) is 0 Å². The second kappa shape index (κ2) is 19.7. The van der Waals surface area contributed by atoms with Gasteiger partial charge in [-0.05, 0) is 0 Å². The number of carboxylic acids is 1. The summed E-state index contributed by atoms with van der Waals surface area (Å²) in [7, 11) is 2.60. The Bertz CT molecular complexity index is 630. The zero-order valence-electron chi connectivity index (χ0n) is 21.4. The predicted octanol–water partition coefficient (Wildman–Crippen LogP) is -2.02. The highest BCUT2D eigenvalue weighted by Gasteiger charge is 2.21. The first-order valence-corrected chi connectivity index (χ1v) is 11.7. The average molecular weight is 504 g/mol. The third-order valence-electron chi connectivity index (χ3n) is 5.20. The lowest BCUT2D eigenvalue weighted by Crippen LogP contribution is -2.50. The van der Waals surface area contributed by atoms with Crippen LogP contribution in [-0.2, 0) is 33.4 Å². The third-order valence-corrected chi connectivity index (χ3v) is 5.20. The summed E-state index contributed by atoms with van der Waals surface area (Å²) in [5, 5.41) is 11.8. The van der Waals surface area contributed by atoms with E-state index >= 15 is 0 Å². The predicted molar refractivity (Wildman–Crippen MR) is 128 cm³/mol. The molecule has 0 spiro atoms. The van der Waals surface area contributed by atoms with Gasteiger partial charge in [-0.25, -0.2) is 0 Å². The van der Waals surface area contributed by atoms with Crippen molar-refractivity contribution in [3.8, 4) is 0 Å². The van der Waals surface area contributed by atoms with Gasteiger partial charge in [-0.3, -0.25) is 38.8 Å². The molecule has 0 atom stereocenters. The highest BCUT2D eigenvalue weighted by Crippen LogP contribution is 2.02. The minimum absolute atomic E-state index is 0.0387. The van der Waals surface area contributed by atoms with E-state index in [9.17, 15) is 29.1 Å². The van der Waals surface area contributed by atoms with Crippen molar-refractivity contribution in [2.45, 2.75) is 13.8 Å². The third kappa shape index (κ3) is 15.8. The van der Waals surface area contributed by atoms with E-state index < -0.39 is 17.9 Å². The van der Waals surface area contributed by atoms with Crippen molar-refractivity contribution >= 4 is 30.1 Å². The first-order valence-electron chi connectivity index (χ1n) is 11.7. The molecule has 1 aliphatic heterocycles. The van der Waals surface area contributed by atoms with Gasteiger partial charge in [0.1, 0.15) is 6.29 Å². The summed E-state index contributed by atoms with van der Waals surface area (Å²) in [4.78, 5) is 65.0. The molecule has 1 amide bonds. The molecule has 0 aromatic carbocycles. The zero-order chi connectivity index (χ0) is 26.6. The van der Waals surface area contributed by atoms with Crippen LogP contribution in [0.5, 0.6) is 0 Å². The van der Waals surface area contributed by atoms with Gasteiger partial charge in [0.15, 0.2) is 0 Å². The van der Waals surface area contributed by atoms with E-state index in [1.165, 1.54) is 14.2 Å². The van der Waals surface area contributed by atoms with Crippen LogP contribution in [0.25, 0.3) is 0 Å². The number of rotatable bonds is 10. The second-order valence-corrected chi connectivity index (χ2v) is 7.62. The number of esters is 2. The lowest BCUT2D eigenvalue weighted by Gasteiger charge is -2.33. The van der Waals surface area contributed by atoms with Crippen LogP contribution in [0.1, 0.15) is 13.8 Å². The molecule has 0 unspecified atom stereocenters. The van der Waals surface area contributed by atoms with Crippen LogP contribution < -0.4 is 5.32 Å². The number of carbonyl (C=O) groups is 5. The molecule has 0 aliphatic carbocycles. The summed E-state index contributed by atoms with van der Waals surface area (Å²) in [5.74, 6) is -2.09. The molecular formula is C22H41N5O8. The molecule has 0 aromatic rings. The van der Waals surface area contributed by atoms with Crippen LogP contribution in [-0.4, -0.2) is 154 Å². The largest absolute Gasteiger partial charge is 0.480 e. The molecular weight excluding hydrogens is 462 g/mol. The van der Waals surface area contributed by atoms with Crippen LogP contribution in [0, 0.1) is 0 Å². The Morgan fingerprint density at radius 2 is 1.06 bits per heavy atom. The smallest absolute Gasteiger partial charge is 0.319 e. The fourth-order valence-corrected chi connectivity index (χ4v) is 3.31. The number of hydrogen-bond donors (Lipinski definition) is 2. The van der Waals surface area contributed by atoms with E-state index in [0.717, 1.165) is 0 Å². The zero-order valence-corrected chi connectivity index (χ0v) is 21.4. The van der Waals surface area contributed by atoms with E-state index in [2.05, 4.69) is 5.32 Å². The molecule has 1 fully saturated rings. The Morgan fingerprint density at radius 1 is 0.714 bits per heavy atom. The first-order chi connectivity index (χ1) is 16.8. The van der Waals surface area contributed by atoms with E-state index in [-0.39, 0.29) is 38.6 Å². The van der Waals surface area contributed by atoms with Crippen LogP contribution >= 0.6 is 0 Å². The van der Waals surface area contributed by atoms with Crippen molar-refractivity contribution in [3.05, 3.63) is 0 Å². The Morgan fingerprint density at radius 3 is 1.37 bits per heavy atom. The Hall–Kier alpha value is -2.61. The van der Waals surface area contributed by atoms with Crippen molar-refractivity contribution in [1.29, 1.82) is 0 Å². The highest BCUT2D eigenvalue weighted by atomic mass is 16.5. The van der Waals surface area contributed by atoms with E-state index in [0.29, 0.717) is 58.6 Å². The van der Waals surface area contributed by atoms with Gasteiger partial charge in [-0.15, -0.1) is 0 Å². The molecule has 1 aliphatic rings. The van der Waals surface area contributed by atoms with E-state index in [4.69, 9.17) is 9.47 Å². The molecule has 2 N–H and O–H groups in total. The van der Waals surface area contributed by atoms with Gasteiger partial charge >= 0.3 is 17.9 Å². The van der Waals surface area contributed by atoms with E-state index in [1.807, 2.05) is 28.5 Å². The molecule has 1 rings (SSSR count). The molecule has 0 radical (unpaired) electrons. The molecule has 0 saturated carbocycles. The van der Waals surface area contributed by atoms with Crippen LogP contribution in [0.4, 0.5) is 0 Å². The number of nitrogens with one attached hydrogen (secondary N) is 1. The summed E-state index contributed by atoms with van der Waals surface area (Å²) in [6.45, 7) is 7.29. The SMILES string of the molecule is CC.COC(=O)CN1CCN(CC(=O)O)CCN(CC(=O)OC)CCN(CC(=O)NCC=O)CC1. The van der Waals surface area contributed by atoms with Crippen molar-refractivity contribution in [2.75, 3.05) is 99.3 Å². The van der Waals surface area contributed by atoms with Crippen LogP contribution in [0.3, 0.4) is 0 Å². The number of ether oxygens (including phenoxy) is 2. The average Bonchev–Trinajstić information content (AvgIpc) is 2.84. The summed E-state index contributed by atoms with van der Waals surface area (Å²) in [5.41, 5.74) is 0. The van der Waals surface area contributed by atoms with Crippen molar-refractivity contribution in [1.82, 2.24) is 24.9 Å².